The van der Waals surface area contributed by atoms with Crippen molar-refractivity contribution in [2.24, 2.45) is 0 Å². The molecule has 0 amide bonds. The lowest BCUT2D eigenvalue weighted by atomic mass is 9.82. The molecule has 0 aliphatic carbocycles. The van der Waals surface area contributed by atoms with E-state index in [2.05, 4.69) is 42.6 Å². The van der Waals surface area contributed by atoms with Crippen LogP contribution in [0.2, 0.25) is 0 Å². The van der Waals surface area contributed by atoms with Crippen LogP contribution in [0, 0.1) is 0 Å². The van der Waals surface area contributed by atoms with Crippen LogP contribution in [-0.4, -0.2) is 26.8 Å². The molecule has 8 heteroatoms. The molecule has 0 atom stereocenters. The number of fused-ring (bicyclic) bond motifs is 1. The van der Waals surface area contributed by atoms with Gasteiger partial charge in [-0.15, -0.1) is 0 Å². The van der Waals surface area contributed by atoms with Gasteiger partial charge < -0.3 is 14.2 Å². The fourth-order valence-electron chi connectivity index (χ4n) is 4.84. The van der Waals surface area contributed by atoms with Crippen molar-refractivity contribution in [3.63, 3.8) is 0 Å². The summed E-state index contributed by atoms with van der Waals surface area (Å²) in [4.78, 5) is 4.56. The van der Waals surface area contributed by atoms with Crippen LogP contribution in [0.4, 0.5) is 5.69 Å². The van der Waals surface area contributed by atoms with Crippen molar-refractivity contribution in [1.29, 1.82) is 0 Å². The number of aromatic nitrogens is 1. The highest BCUT2D eigenvalue weighted by molar-refractivity contribution is 7.92. The van der Waals surface area contributed by atoms with E-state index in [0.717, 1.165) is 45.4 Å². The summed E-state index contributed by atoms with van der Waals surface area (Å²) >= 11 is 0. The number of benzene rings is 3. The maximum atomic E-state index is 11.7. The predicted octanol–water partition coefficient (Wildman–Crippen LogP) is 6.98. The molecule has 0 spiro atoms. The molecule has 0 fully saturated rings. The first kappa shape index (κ1) is 28.2. The number of nitrogens with one attached hydrogen (secondary N) is 1. The minimum absolute atomic E-state index is 0.233. The number of methoxy groups -OCH3 is 1. The predicted molar refractivity (Wildman–Crippen MR) is 163 cm³/mol. The Hall–Kier alpha value is -4.30. The van der Waals surface area contributed by atoms with Gasteiger partial charge in [0, 0.05) is 28.6 Å². The van der Waals surface area contributed by atoms with Crippen molar-refractivity contribution < 1.29 is 22.6 Å². The Kier molecular flexibility index (Phi) is 7.78. The topological polar surface area (TPSA) is 86.8 Å². The summed E-state index contributed by atoms with van der Waals surface area (Å²) in [6, 6.07) is 23.4. The first-order chi connectivity index (χ1) is 19.5. The smallest absolute Gasteiger partial charge is 0.229 e. The standard InChI is InChI=1S/C33H34N2O5S/c1-33(2,3)28-20-24(26-12-9-17-34-32(26)39-21-22-10-7-6-8-11-22)19-27(31(28)38-4)30-15-13-23-18-25(35-41(5,36)37)14-16-29(23)40-30/h6-12,14-20,35H,13,21H2,1-5H3. The van der Waals surface area contributed by atoms with Gasteiger partial charge in [-0.25, -0.2) is 13.4 Å². The molecular weight excluding hydrogens is 536 g/mol. The summed E-state index contributed by atoms with van der Waals surface area (Å²) in [6.45, 7) is 6.85. The number of hydrogen-bond acceptors (Lipinski definition) is 6. The lowest BCUT2D eigenvalue weighted by Crippen LogP contribution is -2.15. The summed E-state index contributed by atoms with van der Waals surface area (Å²) in [5.74, 6) is 2.62. The number of anilines is 1. The average molecular weight is 571 g/mol. The number of allylic oxidation sites excluding steroid dienone is 1. The van der Waals surface area contributed by atoms with E-state index < -0.39 is 10.0 Å². The maximum absolute atomic E-state index is 11.7. The van der Waals surface area contributed by atoms with E-state index in [-0.39, 0.29) is 5.41 Å². The summed E-state index contributed by atoms with van der Waals surface area (Å²) in [5.41, 5.74) is 5.85. The highest BCUT2D eigenvalue weighted by atomic mass is 32.2. The van der Waals surface area contributed by atoms with Crippen LogP contribution in [0.25, 0.3) is 16.9 Å². The molecule has 4 aromatic rings. The van der Waals surface area contributed by atoms with E-state index in [1.807, 2.05) is 48.5 Å². The van der Waals surface area contributed by atoms with Crippen LogP contribution in [0.1, 0.15) is 43.0 Å². The molecule has 0 saturated heterocycles. The number of sulfonamides is 1. The van der Waals surface area contributed by atoms with Crippen molar-refractivity contribution in [1.82, 2.24) is 4.98 Å². The zero-order valence-corrected chi connectivity index (χ0v) is 24.7. The molecule has 5 rings (SSSR count). The van der Waals surface area contributed by atoms with E-state index in [1.165, 1.54) is 0 Å². The number of hydrogen-bond donors (Lipinski definition) is 1. The maximum Gasteiger partial charge on any atom is 0.229 e. The van der Waals surface area contributed by atoms with Gasteiger partial charge in [0.05, 0.1) is 18.9 Å². The van der Waals surface area contributed by atoms with Gasteiger partial charge in [-0.05, 0) is 71.5 Å². The van der Waals surface area contributed by atoms with Gasteiger partial charge in [0.2, 0.25) is 15.9 Å². The second-order valence-corrected chi connectivity index (χ2v) is 12.8. The number of rotatable bonds is 8. The summed E-state index contributed by atoms with van der Waals surface area (Å²) in [5, 5.41) is 0. The van der Waals surface area contributed by atoms with Gasteiger partial charge in [0.25, 0.3) is 0 Å². The molecule has 0 unspecified atom stereocenters. The first-order valence-electron chi connectivity index (χ1n) is 13.4. The van der Waals surface area contributed by atoms with Crippen LogP contribution in [0.3, 0.4) is 0 Å². The molecular formula is C33H34N2O5S. The Labute approximate surface area is 241 Å². The lowest BCUT2D eigenvalue weighted by Gasteiger charge is -2.27. The van der Waals surface area contributed by atoms with E-state index in [0.29, 0.717) is 36.1 Å². The number of nitrogens with zero attached hydrogens (tertiary/aromatic N) is 1. The van der Waals surface area contributed by atoms with Crippen LogP contribution >= 0.6 is 0 Å². The van der Waals surface area contributed by atoms with Crippen LogP contribution < -0.4 is 18.9 Å². The van der Waals surface area contributed by atoms with Crippen molar-refractivity contribution >= 4 is 21.5 Å². The third kappa shape index (κ3) is 6.55. The van der Waals surface area contributed by atoms with Gasteiger partial charge in [-0.3, -0.25) is 4.72 Å². The van der Waals surface area contributed by atoms with Gasteiger partial charge in [0.15, 0.2) is 0 Å². The zero-order valence-electron chi connectivity index (χ0n) is 23.9. The third-order valence-electron chi connectivity index (χ3n) is 6.76. The van der Waals surface area contributed by atoms with Gasteiger partial charge >= 0.3 is 0 Å². The summed E-state index contributed by atoms with van der Waals surface area (Å²) < 4.78 is 44.5. The van der Waals surface area contributed by atoms with Gasteiger partial charge in [0.1, 0.15) is 23.9 Å². The Morgan fingerprint density at radius 3 is 2.46 bits per heavy atom. The highest BCUT2D eigenvalue weighted by Gasteiger charge is 2.27. The Morgan fingerprint density at radius 2 is 1.76 bits per heavy atom. The summed E-state index contributed by atoms with van der Waals surface area (Å²) in [7, 11) is -1.70. The molecule has 3 aromatic carbocycles. The van der Waals surface area contributed by atoms with Crippen molar-refractivity contribution in [2.75, 3.05) is 18.1 Å². The van der Waals surface area contributed by atoms with Crippen LogP contribution in [0.5, 0.6) is 17.4 Å². The van der Waals surface area contributed by atoms with Crippen molar-refractivity contribution in [3.8, 4) is 28.5 Å². The molecule has 1 aliphatic rings. The number of ether oxygens (including phenoxy) is 3. The van der Waals surface area contributed by atoms with Gasteiger partial charge in [-0.1, -0.05) is 51.1 Å². The zero-order chi connectivity index (χ0) is 29.2. The van der Waals surface area contributed by atoms with Crippen LogP contribution in [0.15, 0.2) is 85.1 Å². The summed E-state index contributed by atoms with van der Waals surface area (Å²) in [6.07, 6.45) is 5.43. The second-order valence-electron chi connectivity index (χ2n) is 11.1. The normalized spacial score (nSPS) is 13.0. The molecule has 2 heterocycles. The SMILES string of the molecule is COc1c(C2=CCc3cc(NS(C)(=O)=O)ccc3O2)cc(-c2cccnc2OCc2ccccc2)cc1C(C)(C)C. The Bertz CT molecular complexity index is 1710. The monoisotopic (exact) mass is 570 g/mol. The highest BCUT2D eigenvalue weighted by Crippen LogP contribution is 2.44. The fourth-order valence-corrected chi connectivity index (χ4v) is 5.39. The molecule has 212 valence electrons. The lowest BCUT2D eigenvalue weighted by molar-refractivity contribution is 0.295. The molecule has 0 saturated carbocycles. The van der Waals surface area contributed by atoms with E-state index in [9.17, 15) is 8.42 Å². The average Bonchev–Trinajstić information content (AvgIpc) is 2.94. The molecule has 1 aromatic heterocycles. The van der Waals surface area contributed by atoms with Crippen molar-refractivity contribution in [3.05, 3.63) is 107 Å². The van der Waals surface area contributed by atoms with E-state index in [4.69, 9.17) is 14.2 Å². The second kappa shape index (κ2) is 11.3. The minimum atomic E-state index is -3.38. The van der Waals surface area contributed by atoms with Crippen molar-refractivity contribution in [2.45, 2.75) is 39.2 Å². The van der Waals surface area contributed by atoms with E-state index >= 15 is 0 Å². The van der Waals surface area contributed by atoms with Crippen LogP contribution in [-0.2, 0) is 28.5 Å². The third-order valence-corrected chi connectivity index (χ3v) is 7.36. The molecule has 7 nitrogen and oxygen atoms in total. The van der Waals surface area contributed by atoms with E-state index in [1.54, 1.807) is 31.5 Å². The first-order valence-corrected chi connectivity index (χ1v) is 15.2. The Morgan fingerprint density at radius 1 is 0.976 bits per heavy atom. The quantitative estimate of drug-likeness (QED) is 0.246. The molecule has 0 bridgehead atoms. The molecule has 0 radical (unpaired) electrons. The fraction of sp³-hybridized carbons (Fsp3) is 0.242. The molecule has 1 N–H and O–H groups in total. The minimum Gasteiger partial charge on any atom is -0.496 e. The van der Waals surface area contributed by atoms with Gasteiger partial charge in [-0.2, -0.15) is 0 Å². The largest absolute Gasteiger partial charge is 0.496 e. The Balaban J connectivity index is 1.56. The molecule has 1 aliphatic heterocycles. The molecule has 41 heavy (non-hydrogen) atoms. The number of pyridine rings is 1.